The molecule has 4 nitrogen and oxygen atoms in total. The summed E-state index contributed by atoms with van der Waals surface area (Å²) < 4.78 is 0. The van der Waals surface area contributed by atoms with E-state index in [9.17, 15) is 4.79 Å². The lowest BCUT2D eigenvalue weighted by Crippen LogP contribution is -2.38. The summed E-state index contributed by atoms with van der Waals surface area (Å²) in [6.07, 6.45) is 2.92. The molecular formula is C20H26ClN3O. The lowest BCUT2D eigenvalue weighted by molar-refractivity contribution is 0.0809. The van der Waals surface area contributed by atoms with E-state index in [0.717, 1.165) is 67.2 Å². The molecule has 0 unspecified atom stereocenters. The second-order valence-electron chi connectivity index (χ2n) is 7.01. The molecule has 1 aliphatic heterocycles. The van der Waals surface area contributed by atoms with E-state index in [-0.39, 0.29) is 11.7 Å². The van der Waals surface area contributed by atoms with Crippen molar-refractivity contribution in [2.75, 3.05) is 13.1 Å². The zero-order valence-electron chi connectivity index (χ0n) is 15.2. The number of carbonyl (C=O) groups excluding carboxylic acids is 1. The van der Waals surface area contributed by atoms with Gasteiger partial charge in [-0.1, -0.05) is 18.5 Å². The molecule has 0 aliphatic carbocycles. The van der Waals surface area contributed by atoms with Crippen molar-refractivity contribution in [1.82, 2.24) is 14.9 Å². The maximum atomic E-state index is 13.0. The van der Waals surface area contributed by atoms with Gasteiger partial charge in [0, 0.05) is 41.7 Å². The van der Waals surface area contributed by atoms with Crippen LogP contribution in [0.3, 0.4) is 0 Å². The van der Waals surface area contributed by atoms with Crippen LogP contribution >= 0.6 is 11.6 Å². The molecule has 1 atom stereocenters. The summed E-state index contributed by atoms with van der Waals surface area (Å²) >= 11 is 6.02. The maximum absolute atomic E-state index is 13.0. The van der Waals surface area contributed by atoms with E-state index in [1.54, 1.807) is 0 Å². The Balaban J connectivity index is 1.70. The van der Waals surface area contributed by atoms with Crippen LogP contribution in [0.5, 0.6) is 0 Å². The van der Waals surface area contributed by atoms with Crippen molar-refractivity contribution in [3.8, 4) is 0 Å². The van der Waals surface area contributed by atoms with Crippen LogP contribution in [0.1, 0.15) is 52.9 Å². The van der Waals surface area contributed by atoms with Gasteiger partial charge in [0.2, 0.25) is 0 Å². The van der Waals surface area contributed by atoms with Gasteiger partial charge < -0.3 is 4.98 Å². The van der Waals surface area contributed by atoms with Gasteiger partial charge in [0.05, 0.1) is 5.69 Å². The number of aromatic nitrogens is 2. The lowest BCUT2D eigenvalue weighted by atomic mass is 9.88. The molecule has 1 aromatic heterocycles. The molecule has 2 heterocycles. The van der Waals surface area contributed by atoms with Gasteiger partial charge in [-0.25, -0.2) is 4.98 Å². The Kier molecular flexibility index (Phi) is 5.60. The van der Waals surface area contributed by atoms with Crippen molar-refractivity contribution >= 4 is 17.4 Å². The summed E-state index contributed by atoms with van der Waals surface area (Å²) in [5, 5.41) is 0.681. The van der Waals surface area contributed by atoms with Crippen molar-refractivity contribution in [2.24, 2.45) is 5.92 Å². The molecule has 1 aliphatic rings. The van der Waals surface area contributed by atoms with E-state index in [2.05, 4.69) is 28.7 Å². The average Bonchev–Trinajstić information content (AvgIpc) is 2.94. The molecule has 0 amide bonds. The fraction of sp³-hybridized carbons (Fsp3) is 0.500. The zero-order chi connectivity index (χ0) is 18.0. The topological polar surface area (TPSA) is 49.0 Å². The third-order valence-corrected chi connectivity index (χ3v) is 5.31. The molecule has 5 heteroatoms. The number of nitrogens with zero attached hydrogens (tertiary/aromatic N) is 2. The number of hydrogen-bond acceptors (Lipinski definition) is 3. The number of aromatic amines is 1. The Morgan fingerprint density at radius 3 is 2.88 bits per heavy atom. The number of ketones is 1. The smallest absolute Gasteiger partial charge is 0.167 e. The molecule has 0 spiro atoms. The number of likely N-dealkylation sites (tertiary alicyclic amines) is 1. The first kappa shape index (κ1) is 18.2. The first-order valence-electron chi connectivity index (χ1n) is 9.05. The van der Waals surface area contributed by atoms with Gasteiger partial charge >= 0.3 is 0 Å². The number of hydrogen-bond donors (Lipinski definition) is 1. The Morgan fingerprint density at radius 1 is 1.40 bits per heavy atom. The Labute approximate surface area is 154 Å². The fourth-order valence-electron chi connectivity index (χ4n) is 3.63. The van der Waals surface area contributed by atoms with E-state index >= 15 is 0 Å². The predicted octanol–water partition coefficient (Wildman–Crippen LogP) is 4.34. The van der Waals surface area contributed by atoms with Crippen LogP contribution in [0.15, 0.2) is 18.2 Å². The van der Waals surface area contributed by atoms with Crippen LogP contribution in [0, 0.1) is 19.8 Å². The minimum Gasteiger partial charge on any atom is -0.346 e. The van der Waals surface area contributed by atoms with Gasteiger partial charge in [0.15, 0.2) is 5.78 Å². The molecule has 25 heavy (non-hydrogen) atoms. The number of rotatable bonds is 5. The van der Waals surface area contributed by atoms with E-state index in [1.165, 1.54) is 0 Å². The third-order valence-electron chi connectivity index (χ3n) is 5.07. The first-order valence-corrected chi connectivity index (χ1v) is 9.42. The number of aryl methyl sites for hydroxylation is 3. The van der Waals surface area contributed by atoms with Crippen molar-refractivity contribution in [2.45, 2.75) is 46.6 Å². The summed E-state index contributed by atoms with van der Waals surface area (Å²) in [6.45, 7) is 8.77. The number of benzene rings is 1. The molecule has 1 saturated heterocycles. The van der Waals surface area contributed by atoms with Crippen molar-refractivity contribution in [3.05, 3.63) is 51.6 Å². The van der Waals surface area contributed by atoms with Gasteiger partial charge in [0.25, 0.3) is 0 Å². The monoisotopic (exact) mass is 359 g/mol. The first-order chi connectivity index (χ1) is 12.0. The standard InChI is InChI=1S/C20H26ClN3O/c1-4-19-22-14(3)18(23-19)12-24-9-5-6-15(11-24)20(25)17-8-7-16(21)10-13(17)2/h7-8,10,15H,4-6,9,11-12H2,1-3H3,(H,22,23)/t15-/m1/s1. The molecule has 3 rings (SSSR count). The number of carbonyl (C=O) groups is 1. The largest absolute Gasteiger partial charge is 0.346 e. The molecule has 134 valence electrons. The highest BCUT2D eigenvalue weighted by molar-refractivity contribution is 6.30. The fourth-order valence-corrected chi connectivity index (χ4v) is 3.86. The Hall–Kier alpha value is -1.65. The Bertz CT molecular complexity index is 768. The van der Waals surface area contributed by atoms with E-state index in [4.69, 9.17) is 11.6 Å². The molecule has 0 saturated carbocycles. The average molecular weight is 360 g/mol. The third kappa shape index (κ3) is 4.13. The highest BCUT2D eigenvalue weighted by Crippen LogP contribution is 2.25. The van der Waals surface area contributed by atoms with Gasteiger partial charge in [-0.05, 0) is 57.0 Å². The number of nitrogens with one attached hydrogen (secondary N) is 1. The number of Topliss-reactive ketones (excluding diaryl/α,β-unsaturated/α-hetero) is 1. The van der Waals surface area contributed by atoms with E-state index in [1.807, 2.05) is 25.1 Å². The Morgan fingerprint density at radius 2 is 2.20 bits per heavy atom. The van der Waals surface area contributed by atoms with Gasteiger partial charge in [-0.3, -0.25) is 9.69 Å². The molecule has 0 radical (unpaired) electrons. The normalized spacial score (nSPS) is 18.5. The predicted molar refractivity (Wildman–Crippen MR) is 101 cm³/mol. The second-order valence-corrected chi connectivity index (χ2v) is 7.44. The molecular weight excluding hydrogens is 334 g/mol. The number of imidazole rings is 1. The lowest BCUT2D eigenvalue weighted by Gasteiger charge is -2.31. The van der Waals surface area contributed by atoms with Crippen molar-refractivity contribution in [3.63, 3.8) is 0 Å². The van der Waals surface area contributed by atoms with Gasteiger partial charge in [0.1, 0.15) is 5.82 Å². The maximum Gasteiger partial charge on any atom is 0.167 e. The summed E-state index contributed by atoms with van der Waals surface area (Å²) in [5.74, 6) is 1.33. The number of halogens is 1. The van der Waals surface area contributed by atoms with Crippen LogP contribution in [-0.4, -0.2) is 33.7 Å². The number of piperidine rings is 1. The summed E-state index contributed by atoms with van der Waals surface area (Å²) in [6, 6.07) is 5.54. The molecule has 2 aromatic rings. The van der Waals surface area contributed by atoms with Gasteiger partial charge in [-0.2, -0.15) is 0 Å². The van der Waals surface area contributed by atoms with Gasteiger partial charge in [-0.15, -0.1) is 0 Å². The summed E-state index contributed by atoms with van der Waals surface area (Å²) in [5.41, 5.74) is 4.01. The van der Waals surface area contributed by atoms with Crippen LogP contribution in [0.25, 0.3) is 0 Å². The molecule has 1 fully saturated rings. The van der Waals surface area contributed by atoms with E-state index in [0.29, 0.717) is 5.02 Å². The summed E-state index contributed by atoms with van der Waals surface area (Å²) in [7, 11) is 0. The van der Waals surface area contributed by atoms with Crippen LogP contribution < -0.4 is 0 Å². The molecule has 1 N–H and O–H groups in total. The quantitative estimate of drug-likeness (QED) is 0.808. The number of H-pyrrole nitrogens is 1. The highest BCUT2D eigenvalue weighted by atomic mass is 35.5. The SMILES string of the molecule is CCc1nc(CN2CCC[C@@H](C(=O)c3ccc(Cl)cc3C)C2)c(C)[nH]1. The van der Waals surface area contributed by atoms with Crippen LogP contribution in [0.2, 0.25) is 5.02 Å². The van der Waals surface area contributed by atoms with Crippen LogP contribution in [0.4, 0.5) is 0 Å². The minimum absolute atomic E-state index is 0.0542. The minimum atomic E-state index is 0.0542. The van der Waals surface area contributed by atoms with Crippen molar-refractivity contribution in [1.29, 1.82) is 0 Å². The highest BCUT2D eigenvalue weighted by Gasteiger charge is 2.28. The summed E-state index contributed by atoms with van der Waals surface area (Å²) in [4.78, 5) is 23.3. The molecule has 0 bridgehead atoms. The van der Waals surface area contributed by atoms with Crippen molar-refractivity contribution < 1.29 is 4.79 Å². The van der Waals surface area contributed by atoms with Crippen LogP contribution in [-0.2, 0) is 13.0 Å². The zero-order valence-corrected chi connectivity index (χ0v) is 16.0. The second kappa shape index (κ2) is 7.71. The van der Waals surface area contributed by atoms with E-state index < -0.39 is 0 Å². The molecule has 1 aromatic carbocycles.